The number of amides is 2. The molecule has 0 spiro atoms. The predicted molar refractivity (Wildman–Crippen MR) is 123 cm³/mol. The number of nitrogens with one attached hydrogen (secondary N) is 2. The Balaban J connectivity index is 1.45. The summed E-state index contributed by atoms with van der Waals surface area (Å²) in [5.74, 6) is 0.209. The molecule has 3 aromatic carbocycles. The summed E-state index contributed by atoms with van der Waals surface area (Å²) in [6, 6.07) is 21.0. The number of carbonyl (C=O) groups excluding carboxylic acids is 2. The Labute approximate surface area is 182 Å². The molecule has 2 amide bonds. The summed E-state index contributed by atoms with van der Waals surface area (Å²) in [5.41, 5.74) is 0.966. The molecule has 0 radical (unpaired) electrons. The van der Waals surface area contributed by atoms with Gasteiger partial charge in [0.1, 0.15) is 5.75 Å². The number of rotatable bonds is 6. The maximum atomic E-state index is 12.8. The molecule has 3 aromatic rings. The van der Waals surface area contributed by atoms with E-state index in [9.17, 15) is 9.59 Å². The second kappa shape index (κ2) is 9.65. The molecule has 0 aliphatic heterocycles. The summed E-state index contributed by atoms with van der Waals surface area (Å²) in [6.07, 6.45) is 4.82. The fraction of sp³-hybridized carbons (Fsp3) is 0.308. The molecule has 4 rings (SSSR count). The lowest BCUT2D eigenvalue weighted by molar-refractivity contribution is -0.122. The van der Waals surface area contributed by atoms with Crippen molar-refractivity contribution >= 4 is 28.3 Å². The largest absolute Gasteiger partial charge is 0.480 e. The third-order valence-corrected chi connectivity index (χ3v) is 5.79. The first-order valence-electron chi connectivity index (χ1n) is 11.0. The van der Waals surface area contributed by atoms with E-state index in [1.54, 1.807) is 19.1 Å². The second-order valence-corrected chi connectivity index (χ2v) is 8.08. The Morgan fingerprint density at radius 3 is 2.45 bits per heavy atom. The van der Waals surface area contributed by atoms with Crippen molar-refractivity contribution in [2.24, 2.45) is 0 Å². The molecule has 1 atom stereocenters. The maximum Gasteiger partial charge on any atom is 0.265 e. The van der Waals surface area contributed by atoms with Gasteiger partial charge in [-0.2, -0.15) is 0 Å². The minimum absolute atomic E-state index is 0.148. The molecule has 0 saturated heterocycles. The summed E-state index contributed by atoms with van der Waals surface area (Å²) >= 11 is 0. The number of para-hydroxylation sites is 1. The van der Waals surface area contributed by atoms with E-state index in [2.05, 4.69) is 10.6 Å². The molecule has 160 valence electrons. The van der Waals surface area contributed by atoms with Gasteiger partial charge in [0.15, 0.2) is 6.10 Å². The number of anilines is 1. The van der Waals surface area contributed by atoms with E-state index < -0.39 is 6.10 Å². The van der Waals surface area contributed by atoms with Crippen LogP contribution in [0, 0.1) is 0 Å². The Morgan fingerprint density at radius 1 is 0.903 bits per heavy atom. The van der Waals surface area contributed by atoms with Crippen LogP contribution in [0.3, 0.4) is 0 Å². The molecule has 1 aliphatic rings. The van der Waals surface area contributed by atoms with E-state index in [0.29, 0.717) is 17.0 Å². The average molecular weight is 417 g/mol. The zero-order chi connectivity index (χ0) is 21.6. The normalized spacial score (nSPS) is 15.3. The van der Waals surface area contributed by atoms with Crippen LogP contribution in [0.5, 0.6) is 5.75 Å². The van der Waals surface area contributed by atoms with Gasteiger partial charge >= 0.3 is 0 Å². The zero-order valence-electron chi connectivity index (χ0n) is 17.8. The molecule has 2 N–H and O–H groups in total. The lowest BCUT2D eigenvalue weighted by Crippen LogP contribution is -2.37. The molecular formula is C26H28N2O3. The number of hydrogen-bond acceptors (Lipinski definition) is 3. The Bertz CT molecular complexity index is 1070. The van der Waals surface area contributed by atoms with Crippen molar-refractivity contribution in [2.45, 2.75) is 51.2 Å². The third-order valence-electron chi connectivity index (χ3n) is 5.79. The van der Waals surface area contributed by atoms with Crippen molar-refractivity contribution in [2.75, 3.05) is 5.32 Å². The summed E-state index contributed by atoms with van der Waals surface area (Å²) in [6.45, 7) is 1.71. The highest BCUT2D eigenvalue weighted by molar-refractivity contribution is 6.04. The van der Waals surface area contributed by atoms with Crippen molar-refractivity contribution in [1.29, 1.82) is 0 Å². The highest BCUT2D eigenvalue weighted by atomic mass is 16.5. The number of carbonyl (C=O) groups is 2. The Hall–Kier alpha value is -3.34. The van der Waals surface area contributed by atoms with Crippen molar-refractivity contribution in [3.8, 4) is 5.75 Å². The highest BCUT2D eigenvalue weighted by Gasteiger charge is 2.21. The van der Waals surface area contributed by atoms with Gasteiger partial charge < -0.3 is 15.4 Å². The van der Waals surface area contributed by atoms with E-state index in [1.165, 1.54) is 6.42 Å². The maximum absolute atomic E-state index is 12.8. The van der Waals surface area contributed by atoms with Gasteiger partial charge in [-0.25, -0.2) is 0 Å². The summed E-state index contributed by atoms with van der Waals surface area (Å²) in [4.78, 5) is 25.7. The van der Waals surface area contributed by atoms with E-state index >= 15 is 0 Å². The van der Waals surface area contributed by atoms with Crippen molar-refractivity contribution in [1.82, 2.24) is 5.32 Å². The topological polar surface area (TPSA) is 67.4 Å². The van der Waals surface area contributed by atoms with Gasteiger partial charge in [0.25, 0.3) is 11.8 Å². The van der Waals surface area contributed by atoms with E-state index in [1.807, 2.05) is 54.6 Å². The fourth-order valence-corrected chi connectivity index (χ4v) is 4.08. The van der Waals surface area contributed by atoms with Crippen LogP contribution < -0.4 is 15.4 Å². The van der Waals surface area contributed by atoms with Crippen LogP contribution in [0.15, 0.2) is 66.7 Å². The smallest absolute Gasteiger partial charge is 0.265 e. The van der Waals surface area contributed by atoms with Crippen LogP contribution in [0.2, 0.25) is 0 Å². The van der Waals surface area contributed by atoms with Crippen LogP contribution in [-0.4, -0.2) is 24.0 Å². The summed E-state index contributed by atoms with van der Waals surface area (Å²) in [7, 11) is 0. The first kappa shape index (κ1) is 20.9. The molecule has 0 heterocycles. The van der Waals surface area contributed by atoms with Crippen molar-refractivity contribution in [3.05, 3.63) is 72.3 Å². The minimum atomic E-state index is -0.722. The molecule has 1 saturated carbocycles. The number of fused-ring (bicyclic) bond motifs is 1. The Kier molecular flexibility index (Phi) is 6.51. The first-order valence-corrected chi connectivity index (χ1v) is 11.0. The van der Waals surface area contributed by atoms with Gasteiger partial charge in [-0.1, -0.05) is 67.8 Å². The fourth-order valence-electron chi connectivity index (χ4n) is 4.08. The summed E-state index contributed by atoms with van der Waals surface area (Å²) < 4.78 is 5.97. The molecule has 0 aromatic heterocycles. The second-order valence-electron chi connectivity index (χ2n) is 8.08. The van der Waals surface area contributed by atoms with E-state index in [-0.39, 0.29) is 17.9 Å². The van der Waals surface area contributed by atoms with Crippen LogP contribution >= 0.6 is 0 Å². The SMILES string of the molecule is C[C@@H](Oc1cccc2ccccc12)C(=O)Nc1ccccc1C(=O)NC1CCCCC1. The first-order chi connectivity index (χ1) is 15.1. The van der Waals surface area contributed by atoms with Gasteiger partial charge in [0.05, 0.1) is 11.3 Å². The molecule has 0 unspecified atom stereocenters. The minimum Gasteiger partial charge on any atom is -0.480 e. The van der Waals surface area contributed by atoms with Gasteiger partial charge in [-0.05, 0) is 43.4 Å². The van der Waals surface area contributed by atoms with Gasteiger partial charge in [0.2, 0.25) is 0 Å². The van der Waals surface area contributed by atoms with Crippen molar-refractivity contribution in [3.63, 3.8) is 0 Å². The van der Waals surface area contributed by atoms with Crippen molar-refractivity contribution < 1.29 is 14.3 Å². The lowest BCUT2D eigenvalue weighted by atomic mass is 9.95. The molecule has 1 aliphatic carbocycles. The molecule has 5 heteroatoms. The predicted octanol–water partition coefficient (Wildman–Crippen LogP) is 5.31. The van der Waals surface area contributed by atoms with Gasteiger partial charge in [0, 0.05) is 11.4 Å². The molecule has 31 heavy (non-hydrogen) atoms. The summed E-state index contributed by atoms with van der Waals surface area (Å²) in [5, 5.41) is 8.00. The molecule has 1 fully saturated rings. The van der Waals surface area contributed by atoms with E-state index in [4.69, 9.17) is 4.74 Å². The highest BCUT2D eigenvalue weighted by Crippen LogP contribution is 2.26. The number of benzene rings is 3. The molecule has 0 bridgehead atoms. The van der Waals surface area contributed by atoms with Crippen LogP contribution in [0.4, 0.5) is 5.69 Å². The number of ether oxygens (including phenoxy) is 1. The zero-order valence-corrected chi connectivity index (χ0v) is 17.8. The van der Waals surface area contributed by atoms with Crippen LogP contribution in [-0.2, 0) is 4.79 Å². The van der Waals surface area contributed by atoms with Crippen LogP contribution in [0.25, 0.3) is 10.8 Å². The molecule has 5 nitrogen and oxygen atoms in total. The van der Waals surface area contributed by atoms with Gasteiger partial charge in [-0.15, -0.1) is 0 Å². The Morgan fingerprint density at radius 2 is 1.61 bits per heavy atom. The average Bonchev–Trinajstić information content (AvgIpc) is 2.80. The standard InChI is InChI=1S/C26H28N2O3/c1-18(31-24-17-9-11-19-10-5-6-14-21(19)24)25(29)28-23-16-8-7-15-22(23)26(30)27-20-12-3-2-4-13-20/h5-11,14-18,20H,2-4,12-13H2,1H3,(H,27,30)(H,28,29)/t18-/m1/s1. The monoisotopic (exact) mass is 416 g/mol. The quantitative estimate of drug-likeness (QED) is 0.572. The van der Waals surface area contributed by atoms with Gasteiger partial charge in [-0.3, -0.25) is 9.59 Å². The third kappa shape index (κ3) is 5.05. The lowest BCUT2D eigenvalue weighted by Gasteiger charge is -2.23. The van der Waals surface area contributed by atoms with Crippen LogP contribution in [0.1, 0.15) is 49.4 Å². The van der Waals surface area contributed by atoms with E-state index in [0.717, 1.165) is 36.5 Å². The molecular weight excluding hydrogens is 388 g/mol. The number of hydrogen-bond donors (Lipinski definition) is 2.